The van der Waals surface area contributed by atoms with Gasteiger partial charge < -0.3 is 9.72 Å². The number of aryl methyl sites for hydroxylation is 1. The highest BCUT2D eigenvalue weighted by molar-refractivity contribution is 8.00. The molecule has 0 saturated carbocycles. The second kappa shape index (κ2) is 7.57. The number of nitrogens with one attached hydrogen (secondary N) is 1. The molecule has 4 nitrogen and oxygen atoms in total. The van der Waals surface area contributed by atoms with Crippen LogP contribution >= 0.6 is 11.8 Å². The maximum absolute atomic E-state index is 12.7. The van der Waals surface area contributed by atoms with Crippen LogP contribution in [-0.2, 0) is 9.53 Å². The van der Waals surface area contributed by atoms with Gasteiger partial charge in [-0.05, 0) is 32.0 Å². The summed E-state index contributed by atoms with van der Waals surface area (Å²) in [6.45, 7) is 3.47. The van der Waals surface area contributed by atoms with Crippen molar-refractivity contribution in [3.63, 3.8) is 0 Å². The molecule has 0 saturated heterocycles. The number of Topliss-reactive ketones (excluding diaryl/α,β-unsaturated/α-hetero) is 1. The number of ketones is 1. The van der Waals surface area contributed by atoms with Crippen LogP contribution < -0.4 is 0 Å². The first kappa shape index (κ1) is 17.3. The Hall–Kier alpha value is -2.53. The molecule has 0 spiro atoms. The Kier molecular flexibility index (Phi) is 5.24. The Bertz CT molecular complexity index is 902. The zero-order valence-electron chi connectivity index (χ0n) is 14.1. The van der Waals surface area contributed by atoms with Crippen LogP contribution in [0.25, 0.3) is 10.9 Å². The minimum Gasteiger partial charge on any atom is -0.454 e. The highest BCUT2D eigenvalue weighted by atomic mass is 32.2. The van der Waals surface area contributed by atoms with E-state index in [1.54, 1.807) is 6.92 Å². The van der Waals surface area contributed by atoms with Crippen molar-refractivity contribution in [2.24, 2.45) is 0 Å². The fourth-order valence-electron chi connectivity index (χ4n) is 2.74. The van der Waals surface area contributed by atoms with Crippen molar-refractivity contribution in [1.29, 1.82) is 0 Å². The normalized spacial score (nSPS) is 12.1. The molecule has 0 aliphatic heterocycles. The number of H-pyrrole nitrogens is 1. The van der Waals surface area contributed by atoms with Gasteiger partial charge in [0.05, 0.1) is 5.75 Å². The molecule has 0 radical (unpaired) electrons. The number of benzene rings is 2. The van der Waals surface area contributed by atoms with Crippen LogP contribution in [-0.4, -0.2) is 28.6 Å². The predicted molar refractivity (Wildman–Crippen MR) is 100 cm³/mol. The summed E-state index contributed by atoms with van der Waals surface area (Å²) in [4.78, 5) is 29.0. The van der Waals surface area contributed by atoms with Gasteiger partial charge in [-0.1, -0.05) is 36.4 Å². The summed E-state index contributed by atoms with van der Waals surface area (Å²) in [7, 11) is 0. The van der Waals surface area contributed by atoms with Gasteiger partial charge in [-0.3, -0.25) is 9.59 Å². The molecule has 25 heavy (non-hydrogen) atoms. The standard InChI is InChI=1S/C20H19NO3S/c1-13-19(16-10-6-7-11-17(16)21-13)20(23)14(2)24-18(22)12-25-15-8-4-3-5-9-15/h3-11,14,21H,12H2,1-2H3. The van der Waals surface area contributed by atoms with E-state index in [1.165, 1.54) is 11.8 Å². The van der Waals surface area contributed by atoms with Gasteiger partial charge in [-0.15, -0.1) is 11.8 Å². The van der Waals surface area contributed by atoms with Crippen LogP contribution in [0.4, 0.5) is 0 Å². The number of carbonyl (C=O) groups is 2. The van der Waals surface area contributed by atoms with E-state index in [9.17, 15) is 9.59 Å². The first-order valence-corrected chi connectivity index (χ1v) is 9.03. The van der Waals surface area contributed by atoms with Crippen molar-refractivity contribution in [3.8, 4) is 0 Å². The second-order valence-corrected chi connectivity index (χ2v) is 6.82. The third kappa shape index (κ3) is 3.94. The van der Waals surface area contributed by atoms with Gasteiger partial charge in [0.15, 0.2) is 6.10 Å². The molecule has 2 aromatic carbocycles. The molecule has 1 atom stereocenters. The number of para-hydroxylation sites is 1. The van der Waals surface area contributed by atoms with E-state index in [2.05, 4.69) is 4.98 Å². The van der Waals surface area contributed by atoms with E-state index in [-0.39, 0.29) is 11.5 Å². The molecule has 1 aromatic heterocycles. The van der Waals surface area contributed by atoms with Crippen molar-refractivity contribution in [1.82, 2.24) is 4.98 Å². The molecule has 3 aromatic rings. The third-order valence-corrected chi connectivity index (χ3v) is 4.90. The van der Waals surface area contributed by atoms with E-state index >= 15 is 0 Å². The number of aromatic amines is 1. The van der Waals surface area contributed by atoms with Crippen molar-refractivity contribution >= 4 is 34.4 Å². The largest absolute Gasteiger partial charge is 0.454 e. The van der Waals surface area contributed by atoms with Gasteiger partial charge in [-0.25, -0.2) is 0 Å². The van der Waals surface area contributed by atoms with Crippen molar-refractivity contribution in [3.05, 3.63) is 65.9 Å². The molecular formula is C20H19NO3S. The van der Waals surface area contributed by atoms with Gasteiger partial charge >= 0.3 is 5.97 Å². The Balaban J connectivity index is 1.66. The molecule has 5 heteroatoms. The molecule has 0 fully saturated rings. The maximum atomic E-state index is 12.7. The van der Waals surface area contributed by atoms with E-state index < -0.39 is 12.1 Å². The number of hydrogen-bond acceptors (Lipinski definition) is 4. The van der Waals surface area contributed by atoms with Gasteiger partial charge in [-0.2, -0.15) is 0 Å². The smallest absolute Gasteiger partial charge is 0.316 e. The molecule has 3 rings (SSSR count). The minimum atomic E-state index is -0.818. The summed E-state index contributed by atoms with van der Waals surface area (Å²) in [5.41, 5.74) is 2.28. The second-order valence-electron chi connectivity index (χ2n) is 5.77. The van der Waals surface area contributed by atoms with E-state index in [0.29, 0.717) is 5.56 Å². The van der Waals surface area contributed by atoms with Gasteiger partial charge in [0.2, 0.25) is 5.78 Å². The topological polar surface area (TPSA) is 59.2 Å². The number of hydrogen-bond donors (Lipinski definition) is 1. The summed E-state index contributed by atoms with van der Waals surface area (Å²) in [6, 6.07) is 17.2. The van der Waals surface area contributed by atoms with Gasteiger partial charge in [0, 0.05) is 27.1 Å². The van der Waals surface area contributed by atoms with Crippen molar-refractivity contribution in [2.75, 3.05) is 5.75 Å². The molecule has 0 bridgehead atoms. The zero-order chi connectivity index (χ0) is 17.8. The lowest BCUT2D eigenvalue weighted by Gasteiger charge is -2.12. The van der Waals surface area contributed by atoms with E-state index in [0.717, 1.165) is 21.5 Å². The predicted octanol–water partition coefficient (Wildman–Crippen LogP) is 4.38. The fraction of sp³-hybridized carbons (Fsp3) is 0.200. The Morgan fingerprint density at radius 2 is 1.76 bits per heavy atom. The average Bonchev–Trinajstić information content (AvgIpc) is 2.96. The number of fused-ring (bicyclic) bond motifs is 1. The SMILES string of the molecule is Cc1[nH]c2ccccc2c1C(=O)C(C)OC(=O)CSc1ccccc1. The summed E-state index contributed by atoms with van der Waals surface area (Å²) >= 11 is 1.39. The monoisotopic (exact) mass is 353 g/mol. The lowest BCUT2D eigenvalue weighted by Crippen LogP contribution is -2.25. The number of thioether (sulfide) groups is 1. The zero-order valence-corrected chi connectivity index (χ0v) is 14.9. The van der Waals surface area contributed by atoms with Crippen LogP contribution in [0, 0.1) is 6.92 Å². The van der Waals surface area contributed by atoms with Gasteiger partial charge in [0.25, 0.3) is 0 Å². The molecule has 1 N–H and O–H groups in total. The number of esters is 1. The first-order valence-electron chi connectivity index (χ1n) is 8.05. The Labute approximate surface area is 150 Å². The maximum Gasteiger partial charge on any atom is 0.316 e. The van der Waals surface area contributed by atoms with E-state index in [1.807, 2.05) is 61.5 Å². The molecule has 0 aliphatic carbocycles. The van der Waals surface area contributed by atoms with Crippen LogP contribution in [0.15, 0.2) is 59.5 Å². The summed E-state index contributed by atoms with van der Waals surface area (Å²) in [5, 5.41) is 0.853. The lowest BCUT2D eigenvalue weighted by atomic mass is 10.0. The summed E-state index contributed by atoms with van der Waals surface area (Å²) in [5.74, 6) is -0.408. The number of ether oxygens (including phenoxy) is 1. The Morgan fingerprint density at radius 3 is 2.52 bits per heavy atom. The molecule has 128 valence electrons. The molecule has 1 unspecified atom stereocenters. The number of rotatable bonds is 6. The van der Waals surface area contributed by atoms with Crippen molar-refractivity contribution < 1.29 is 14.3 Å². The number of aromatic nitrogens is 1. The van der Waals surface area contributed by atoms with Crippen LogP contribution in [0.1, 0.15) is 23.0 Å². The summed E-state index contributed by atoms with van der Waals surface area (Å²) < 4.78 is 5.34. The molecular weight excluding hydrogens is 334 g/mol. The lowest BCUT2D eigenvalue weighted by molar-refractivity contribution is -0.143. The molecule has 0 aliphatic rings. The highest BCUT2D eigenvalue weighted by Crippen LogP contribution is 2.24. The van der Waals surface area contributed by atoms with E-state index in [4.69, 9.17) is 4.74 Å². The average molecular weight is 353 g/mol. The van der Waals surface area contributed by atoms with Crippen LogP contribution in [0.3, 0.4) is 0 Å². The van der Waals surface area contributed by atoms with Crippen LogP contribution in [0.2, 0.25) is 0 Å². The minimum absolute atomic E-state index is 0.175. The third-order valence-electron chi connectivity index (χ3n) is 3.92. The fourth-order valence-corrected chi connectivity index (χ4v) is 3.44. The highest BCUT2D eigenvalue weighted by Gasteiger charge is 2.24. The van der Waals surface area contributed by atoms with Crippen LogP contribution in [0.5, 0.6) is 0 Å². The molecule has 1 heterocycles. The molecule has 0 amide bonds. The Morgan fingerprint density at radius 1 is 1.08 bits per heavy atom. The van der Waals surface area contributed by atoms with Gasteiger partial charge in [0.1, 0.15) is 0 Å². The number of carbonyl (C=O) groups excluding carboxylic acids is 2. The first-order chi connectivity index (χ1) is 12.1. The van der Waals surface area contributed by atoms with Crippen molar-refractivity contribution in [2.45, 2.75) is 24.8 Å². The summed E-state index contributed by atoms with van der Waals surface area (Å²) in [6.07, 6.45) is -0.818. The quantitative estimate of drug-likeness (QED) is 0.406.